The van der Waals surface area contributed by atoms with E-state index >= 15 is 0 Å². The van der Waals surface area contributed by atoms with E-state index in [0.29, 0.717) is 18.5 Å². The van der Waals surface area contributed by atoms with Crippen molar-refractivity contribution >= 4 is 16.7 Å². The predicted octanol–water partition coefficient (Wildman–Crippen LogP) is 4.42. The van der Waals surface area contributed by atoms with Crippen LogP contribution in [0, 0.1) is 10.1 Å². The Labute approximate surface area is 176 Å². The van der Waals surface area contributed by atoms with E-state index < -0.39 is 0 Å². The number of imidazole rings is 1. The van der Waals surface area contributed by atoms with Crippen LogP contribution in [0.1, 0.15) is 37.6 Å². The molecule has 0 atom stereocenters. The molecule has 3 aromatic rings. The minimum Gasteiger partial charge on any atom is -0.494 e. The smallest absolute Gasteiger partial charge is 0.271 e. The summed E-state index contributed by atoms with van der Waals surface area (Å²) >= 11 is 0. The van der Waals surface area contributed by atoms with Gasteiger partial charge in [-0.05, 0) is 56.6 Å². The maximum Gasteiger partial charge on any atom is 0.271 e. The zero-order chi connectivity index (χ0) is 20.9. The first-order chi connectivity index (χ1) is 14.6. The summed E-state index contributed by atoms with van der Waals surface area (Å²) in [5.74, 6) is 1.79. The molecule has 0 N–H and O–H groups in total. The van der Waals surface area contributed by atoms with Crippen LogP contribution >= 0.6 is 0 Å². The number of aromatic nitrogens is 2. The number of non-ortho nitro benzene ring substituents is 1. The second-order valence-electron chi connectivity index (χ2n) is 7.77. The highest BCUT2D eigenvalue weighted by molar-refractivity contribution is 5.78. The van der Waals surface area contributed by atoms with Crippen molar-refractivity contribution in [2.45, 2.75) is 39.2 Å². The quantitative estimate of drug-likeness (QED) is 0.407. The second kappa shape index (κ2) is 9.26. The molecule has 2 aromatic carbocycles. The Bertz CT molecular complexity index is 1010. The maximum atomic E-state index is 11.2. The first-order valence-corrected chi connectivity index (χ1v) is 10.7. The molecular weight excluding hydrogens is 380 g/mol. The molecule has 0 unspecified atom stereocenters. The Balaban J connectivity index is 1.62. The number of nitro benzene ring substituents is 1. The summed E-state index contributed by atoms with van der Waals surface area (Å²) in [7, 11) is 0. The summed E-state index contributed by atoms with van der Waals surface area (Å²) in [4.78, 5) is 18.1. The first kappa shape index (κ1) is 20.3. The number of piperidine rings is 1. The third-order valence-electron chi connectivity index (χ3n) is 5.71. The van der Waals surface area contributed by atoms with Crippen molar-refractivity contribution in [1.82, 2.24) is 14.5 Å². The van der Waals surface area contributed by atoms with Crippen LogP contribution in [0.2, 0.25) is 0 Å². The lowest BCUT2D eigenvalue weighted by atomic mass is 10.1. The highest BCUT2D eigenvalue weighted by atomic mass is 16.6. The topological polar surface area (TPSA) is 73.4 Å². The molecule has 2 heterocycles. The van der Waals surface area contributed by atoms with Crippen LogP contribution in [-0.4, -0.2) is 45.6 Å². The van der Waals surface area contributed by atoms with Gasteiger partial charge in [0.15, 0.2) is 0 Å². The fourth-order valence-corrected chi connectivity index (χ4v) is 4.14. The van der Waals surface area contributed by atoms with Crippen LogP contribution in [0.5, 0.6) is 5.75 Å². The molecule has 0 radical (unpaired) electrons. The Kier molecular flexibility index (Phi) is 6.28. The number of ether oxygens (including phenoxy) is 1. The Morgan fingerprint density at radius 2 is 1.83 bits per heavy atom. The van der Waals surface area contributed by atoms with E-state index in [1.54, 1.807) is 12.1 Å². The van der Waals surface area contributed by atoms with E-state index in [9.17, 15) is 10.1 Å². The van der Waals surface area contributed by atoms with E-state index in [-0.39, 0.29) is 10.6 Å². The van der Waals surface area contributed by atoms with Gasteiger partial charge >= 0.3 is 0 Å². The van der Waals surface area contributed by atoms with E-state index in [2.05, 4.69) is 21.6 Å². The van der Waals surface area contributed by atoms with Gasteiger partial charge in [0.1, 0.15) is 11.6 Å². The van der Waals surface area contributed by atoms with Crippen molar-refractivity contribution in [2.75, 3.05) is 26.2 Å². The van der Waals surface area contributed by atoms with Gasteiger partial charge in [-0.2, -0.15) is 0 Å². The molecule has 0 saturated carbocycles. The number of likely N-dealkylation sites (tertiary alicyclic amines) is 1. The van der Waals surface area contributed by atoms with Crippen LogP contribution in [-0.2, 0) is 13.0 Å². The zero-order valence-corrected chi connectivity index (χ0v) is 17.4. The molecule has 7 nitrogen and oxygen atoms in total. The van der Waals surface area contributed by atoms with Gasteiger partial charge in [0.2, 0.25) is 0 Å². The van der Waals surface area contributed by atoms with Crippen molar-refractivity contribution < 1.29 is 9.66 Å². The Hall–Kier alpha value is -2.93. The van der Waals surface area contributed by atoms with Crippen molar-refractivity contribution in [3.63, 3.8) is 0 Å². The van der Waals surface area contributed by atoms with Gasteiger partial charge < -0.3 is 14.2 Å². The minimum absolute atomic E-state index is 0.0794. The molecule has 0 spiro atoms. The molecular formula is C23H28N4O3. The number of nitro groups is 1. The van der Waals surface area contributed by atoms with E-state index in [1.807, 2.05) is 25.1 Å². The van der Waals surface area contributed by atoms with E-state index in [1.165, 1.54) is 19.3 Å². The third kappa shape index (κ3) is 4.62. The summed E-state index contributed by atoms with van der Waals surface area (Å²) in [5, 5.41) is 11.2. The van der Waals surface area contributed by atoms with Crippen molar-refractivity contribution in [1.29, 1.82) is 0 Å². The van der Waals surface area contributed by atoms with Crippen LogP contribution in [0.4, 0.5) is 5.69 Å². The number of rotatable bonds is 8. The van der Waals surface area contributed by atoms with Crippen molar-refractivity contribution in [3.8, 4) is 5.75 Å². The van der Waals surface area contributed by atoms with Crippen LogP contribution in [0.15, 0.2) is 42.5 Å². The minimum atomic E-state index is -0.363. The molecule has 1 saturated heterocycles. The van der Waals surface area contributed by atoms with Crippen LogP contribution in [0.25, 0.3) is 11.0 Å². The van der Waals surface area contributed by atoms with E-state index in [4.69, 9.17) is 9.72 Å². The van der Waals surface area contributed by atoms with Crippen molar-refractivity contribution in [3.05, 3.63) is 64.0 Å². The van der Waals surface area contributed by atoms with Gasteiger partial charge in [0, 0.05) is 31.6 Å². The predicted molar refractivity (Wildman–Crippen MR) is 117 cm³/mol. The fourth-order valence-electron chi connectivity index (χ4n) is 4.14. The molecule has 158 valence electrons. The Morgan fingerprint density at radius 1 is 1.07 bits per heavy atom. The summed E-state index contributed by atoms with van der Waals surface area (Å²) in [6, 6.07) is 13.0. The summed E-state index contributed by atoms with van der Waals surface area (Å²) in [5.41, 5.74) is 2.86. The summed E-state index contributed by atoms with van der Waals surface area (Å²) in [6.45, 7) is 6.71. The first-order valence-electron chi connectivity index (χ1n) is 10.7. The molecule has 4 rings (SSSR count). The lowest BCUT2D eigenvalue weighted by Gasteiger charge is -2.26. The van der Waals surface area contributed by atoms with Gasteiger partial charge in [0.05, 0.1) is 22.6 Å². The highest BCUT2D eigenvalue weighted by Gasteiger charge is 2.17. The number of fused-ring (bicyclic) bond motifs is 1. The molecule has 0 aliphatic carbocycles. The molecule has 1 aromatic heterocycles. The second-order valence-corrected chi connectivity index (χ2v) is 7.77. The largest absolute Gasteiger partial charge is 0.494 e. The lowest BCUT2D eigenvalue weighted by Crippen LogP contribution is -2.32. The average molecular weight is 409 g/mol. The molecule has 30 heavy (non-hydrogen) atoms. The zero-order valence-electron chi connectivity index (χ0n) is 17.4. The summed E-state index contributed by atoms with van der Waals surface area (Å²) < 4.78 is 7.76. The van der Waals surface area contributed by atoms with Crippen molar-refractivity contribution in [2.24, 2.45) is 0 Å². The van der Waals surface area contributed by atoms with Gasteiger partial charge in [-0.3, -0.25) is 10.1 Å². The molecule has 1 aliphatic rings. The number of benzene rings is 2. The standard InChI is InChI=1S/C23H28N4O3/c1-2-30-20-9-6-18(7-10-20)16-23-24-21-17-19(27(28)29)8-11-22(21)26(23)15-14-25-12-4-3-5-13-25/h6-11,17H,2-5,12-16H2,1H3. The molecule has 1 aliphatic heterocycles. The van der Waals surface area contributed by atoms with Gasteiger partial charge in [0.25, 0.3) is 5.69 Å². The van der Waals surface area contributed by atoms with Gasteiger partial charge in [-0.25, -0.2) is 4.98 Å². The van der Waals surface area contributed by atoms with E-state index in [0.717, 1.165) is 48.8 Å². The summed E-state index contributed by atoms with van der Waals surface area (Å²) in [6.07, 6.45) is 4.51. The SMILES string of the molecule is CCOc1ccc(Cc2nc3cc([N+](=O)[O-])ccc3n2CCN2CCCCC2)cc1. The molecule has 1 fully saturated rings. The van der Waals surface area contributed by atoms with Gasteiger partial charge in [-0.15, -0.1) is 0 Å². The average Bonchev–Trinajstić information content (AvgIpc) is 3.10. The molecule has 0 bridgehead atoms. The lowest BCUT2D eigenvalue weighted by molar-refractivity contribution is -0.384. The monoisotopic (exact) mass is 408 g/mol. The number of hydrogen-bond donors (Lipinski definition) is 0. The molecule has 7 heteroatoms. The third-order valence-corrected chi connectivity index (χ3v) is 5.71. The number of hydrogen-bond acceptors (Lipinski definition) is 5. The number of nitrogens with zero attached hydrogens (tertiary/aromatic N) is 4. The van der Waals surface area contributed by atoms with Crippen LogP contribution in [0.3, 0.4) is 0 Å². The fraction of sp³-hybridized carbons (Fsp3) is 0.435. The molecule has 0 amide bonds. The van der Waals surface area contributed by atoms with Crippen LogP contribution < -0.4 is 4.74 Å². The normalized spacial score (nSPS) is 14.8. The maximum absolute atomic E-state index is 11.2. The van der Waals surface area contributed by atoms with Gasteiger partial charge in [-0.1, -0.05) is 18.6 Å². The Morgan fingerprint density at radius 3 is 2.53 bits per heavy atom. The highest BCUT2D eigenvalue weighted by Crippen LogP contribution is 2.24.